The van der Waals surface area contributed by atoms with Gasteiger partial charge >= 0.3 is 22.8 Å². The van der Waals surface area contributed by atoms with Gasteiger partial charge in [-0.3, -0.25) is 14.3 Å². The van der Waals surface area contributed by atoms with Crippen molar-refractivity contribution in [2.75, 3.05) is 12.3 Å². The highest BCUT2D eigenvalue weighted by molar-refractivity contribution is 6.84. The van der Waals surface area contributed by atoms with Gasteiger partial charge in [0.25, 0.3) is 5.56 Å². The fraction of sp³-hybridized carbons (Fsp3) is 0.720. The molecule has 218 valence electrons. The molecule has 2 saturated heterocycles. The molecule has 2 aliphatic rings. The lowest BCUT2D eigenvalue weighted by atomic mass is 10.1. The Balaban J connectivity index is 1.88. The number of hydrogen-bond acceptors (Lipinski definition) is 9. The van der Waals surface area contributed by atoms with E-state index < -0.39 is 52.9 Å². The highest BCUT2D eigenvalue weighted by atomic mass is 28.5. The van der Waals surface area contributed by atoms with Gasteiger partial charge in [0, 0.05) is 6.54 Å². The first kappa shape index (κ1) is 29.9. The Morgan fingerprint density at radius 1 is 1.10 bits per heavy atom. The van der Waals surface area contributed by atoms with E-state index in [9.17, 15) is 14.7 Å². The number of nitrogen functional groups attached to an aromatic ring is 1. The van der Waals surface area contributed by atoms with Crippen LogP contribution < -0.4 is 17.0 Å². The van der Waals surface area contributed by atoms with Gasteiger partial charge < -0.3 is 28.5 Å². The summed E-state index contributed by atoms with van der Waals surface area (Å²) in [5.74, 6) is -0.154. The Bertz CT molecular complexity index is 1320. The first-order chi connectivity index (χ1) is 18.2. The molecule has 0 bridgehead atoms. The summed E-state index contributed by atoms with van der Waals surface area (Å²) in [6.07, 6.45) is -2.44. The van der Waals surface area contributed by atoms with Crippen molar-refractivity contribution >= 4 is 34.2 Å². The molecule has 2 aromatic heterocycles. The van der Waals surface area contributed by atoms with Gasteiger partial charge in [0.2, 0.25) is 5.95 Å². The SMILES string of the molecule is C=CCn1c(=O)n([C@@H]2O[C@@H]3CO[Si](C(C)C)(C(C)C)O[Si](C(C)C)(C(C)C)O[C@H]3[C@H]2O)c2nc(N)[nH]c(=O)c21. The molecule has 0 spiro atoms. The van der Waals surface area contributed by atoms with Gasteiger partial charge in [0.05, 0.1) is 6.61 Å². The minimum absolute atomic E-state index is 0.0166. The smallest absolute Gasteiger partial charge is 0.335 e. The Hall–Kier alpha value is -2.08. The van der Waals surface area contributed by atoms with Crippen molar-refractivity contribution in [2.24, 2.45) is 0 Å². The number of anilines is 1. The number of nitrogens with zero attached hydrogens (tertiary/aromatic N) is 3. The molecule has 0 aromatic carbocycles. The molecule has 0 radical (unpaired) electrons. The second kappa shape index (κ2) is 10.7. The molecule has 4 atom stereocenters. The zero-order valence-electron chi connectivity index (χ0n) is 24.1. The van der Waals surface area contributed by atoms with Crippen molar-refractivity contribution < 1.29 is 22.8 Å². The molecule has 0 amide bonds. The van der Waals surface area contributed by atoms with Crippen molar-refractivity contribution in [1.29, 1.82) is 0 Å². The molecule has 0 unspecified atom stereocenters. The molecule has 0 saturated carbocycles. The highest BCUT2D eigenvalue weighted by Gasteiger charge is 2.62. The summed E-state index contributed by atoms with van der Waals surface area (Å²) >= 11 is 0. The summed E-state index contributed by atoms with van der Waals surface area (Å²) in [5, 5.41) is 11.7. The molecule has 4 N–H and O–H groups in total. The van der Waals surface area contributed by atoms with Gasteiger partial charge in [-0.15, -0.1) is 6.58 Å². The first-order valence-electron chi connectivity index (χ1n) is 13.7. The van der Waals surface area contributed by atoms with Crippen molar-refractivity contribution in [2.45, 2.75) is 109 Å². The number of aromatic amines is 1. The Labute approximate surface area is 230 Å². The van der Waals surface area contributed by atoms with Crippen LogP contribution in [0, 0.1) is 0 Å². The number of hydrogen-bond donors (Lipinski definition) is 3. The van der Waals surface area contributed by atoms with Gasteiger partial charge in [0.1, 0.15) is 18.3 Å². The number of aliphatic hydroxyl groups is 1. The molecule has 2 aromatic rings. The van der Waals surface area contributed by atoms with Crippen molar-refractivity contribution in [1.82, 2.24) is 19.1 Å². The highest BCUT2D eigenvalue weighted by Crippen LogP contribution is 2.48. The lowest BCUT2D eigenvalue weighted by Gasteiger charge is -2.51. The molecule has 12 nitrogen and oxygen atoms in total. The Morgan fingerprint density at radius 2 is 1.69 bits per heavy atom. The van der Waals surface area contributed by atoms with Crippen LogP contribution in [-0.2, 0) is 24.2 Å². The molecule has 0 aliphatic carbocycles. The molecule has 2 fully saturated rings. The number of ether oxygens (including phenoxy) is 1. The molecule has 39 heavy (non-hydrogen) atoms. The Kier molecular flexibility index (Phi) is 8.22. The number of fused-ring (bicyclic) bond motifs is 2. The number of H-pyrrole nitrogens is 1. The predicted molar refractivity (Wildman–Crippen MR) is 153 cm³/mol. The predicted octanol–water partition coefficient (Wildman–Crippen LogP) is 2.87. The van der Waals surface area contributed by atoms with Crippen molar-refractivity contribution in [3.05, 3.63) is 33.5 Å². The summed E-state index contributed by atoms with van der Waals surface area (Å²) in [5.41, 5.74) is 5.11. The maximum atomic E-state index is 13.6. The third-order valence-corrected chi connectivity index (χ3v) is 18.3. The fourth-order valence-corrected chi connectivity index (χ4v) is 17.3. The van der Waals surface area contributed by atoms with Crippen LogP contribution in [0.5, 0.6) is 0 Å². The van der Waals surface area contributed by atoms with E-state index in [-0.39, 0.29) is 52.4 Å². The monoisotopic (exact) mass is 581 g/mol. The third-order valence-electron chi connectivity index (χ3n) is 8.04. The molecule has 4 rings (SSSR count). The van der Waals surface area contributed by atoms with Crippen LogP contribution in [0.25, 0.3) is 11.2 Å². The summed E-state index contributed by atoms with van der Waals surface area (Å²) in [6, 6.07) is 0. The number of nitrogens with two attached hydrogens (primary N) is 1. The van der Waals surface area contributed by atoms with Gasteiger partial charge in [-0.2, -0.15) is 4.98 Å². The maximum absolute atomic E-state index is 13.6. The van der Waals surface area contributed by atoms with Crippen LogP contribution in [0.15, 0.2) is 22.2 Å². The number of allylic oxidation sites excluding steroid dienone is 1. The van der Waals surface area contributed by atoms with Crippen LogP contribution in [0.4, 0.5) is 5.95 Å². The number of nitrogens with one attached hydrogen (secondary N) is 1. The number of imidazole rings is 1. The lowest BCUT2D eigenvalue weighted by Crippen LogP contribution is -2.65. The van der Waals surface area contributed by atoms with E-state index in [1.807, 2.05) is 0 Å². The van der Waals surface area contributed by atoms with Crippen LogP contribution in [0.3, 0.4) is 0 Å². The van der Waals surface area contributed by atoms with E-state index in [1.54, 1.807) is 0 Å². The minimum atomic E-state index is -3.03. The van der Waals surface area contributed by atoms with Crippen LogP contribution >= 0.6 is 0 Å². The van der Waals surface area contributed by atoms with Crippen LogP contribution in [0.1, 0.15) is 61.6 Å². The van der Waals surface area contributed by atoms with Gasteiger partial charge in [-0.25, -0.2) is 9.36 Å². The van der Waals surface area contributed by atoms with Crippen LogP contribution in [0.2, 0.25) is 22.2 Å². The topological polar surface area (TPSA) is 156 Å². The van der Waals surface area contributed by atoms with Crippen molar-refractivity contribution in [3.63, 3.8) is 0 Å². The zero-order chi connectivity index (χ0) is 29.0. The largest absolute Gasteiger partial charge is 0.414 e. The van der Waals surface area contributed by atoms with E-state index in [4.69, 9.17) is 23.4 Å². The first-order valence-corrected chi connectivity index (χ1v) is 17.6. The molecule has 4 heterocycles. The van der Waals surface area contributed by atoms with Gasteiger partial charge in [-0.05, 0) is 22.2 Å². The maximum Gasteiger partial charge on any atom is 0.335 e. The van der Waals surface area contributed by atoms with E-state index >= 15 is 0 Å². The van der Waals surface area contributed by atoms with E-state index in [0.717, 1.165) is 0 Å². The quantitative estimate of drug-likeness (QED) is 0.330. The van der Waals surface area contributed by atoms with Crippen LogP contribution in [-0.4, -0.2) is 66.2 Å². The average Bonchev–Trinajstić information content (AvgIpc) is 3.26. The minimum Gasteiger partial charge on any atom is -0.414 e. The summed E-state index contributed by atoms with van der Waals surface area (Å²) in [4.78, 5) is 33.1. The molecular weight excluding hydrogens is 538 g/mol. The van der Waals surface area contributed by atoms with E-state index in [2.05, 4.69) is 71.9 Å². The second-order valence-corrected chi connectivity index (χ2v) is 20.6. The number of aliphatic hydroxyl groups excluding tert-OH is 1. The van der Waals surface area contributed by atoms with E-state index in [1.165, 1.54) is 15.2 Å². The van der Waals surface area contributed by atoms with Gasteiger partial charge in [0.15, 0.2) is 17.4 Å². The Morgan fingerprint density at radius 3 is 2.23 bits per heavy atom. The summed E-state index contributed by atoms with van der Waals surface area (Å²) in [6.45, 7) is 20.8. The number of aromatic nitrogens is 4. The molecule has 14 heteroatoms. The lowest BCUT2D eigenvalue weighted by molar-refractivity contribution is -0.0583. The van der Waals surface area contributed by atoms with E-state index in [0.29, 0.717) is 0 Å². The number of rotatable bonds is 7. The normalized spacial score (nSPS) is 26.9. The molecular formula is C25H43N5O7Si2. The average molecular weight is 582 g/mol. The summed E-state index contributed by atoms with van der Waals surface area (Å²) in [7, 11) is -5.85. The zero-order valence-corrected chi connectivity index (χ0v) is 26.1. The summed E-state index contributed by atoms with van der Waals surface area (Å²) < 4.78 is 29.7. The van der Waals surface area contributed by atoms with Gasteiger partial charge in [-0.1, -0.05) is 61.5 Å². The second-order valence-electron chi connectivity index (χ2n) is 11.8. The van der Waals surface area contributed by atoms with Crippen molar-refractivity contribution in [3.8, 4) is 0 Å². The molecule has 2 aliphatic heterocycles. The fourth-order valence-electron chi connectivity index (χ4n) is 6.08. The third kappa shape index (κ3) is 4.69. The standard InChI is InChI=1S/C25H43N5O7Si2/c1-10-11-29-18-21(27-24(26)28-22(18)32)30(25(29)33)23-19(31)20-17(35-23)12-34-38(13(2)3,14(4)5)37-39(36-20,15(6)7)16(8)9/h10,13-17,19-20,23,31H,1,11-12H2,2-9H3,(H3,26,27,28,32)/t17-,19-,20-,23-/m1/s1.